The van der Waals surface area contributed by atoms with Gasteiger partial charge in [-0.3, -0.25) is 9.48 Å². The summed E-state index contributed by atoms with van der Waals surface area (Å²) in [5, 5.41) is 7.18. The quantitative estimate of drug-likeness (QED) is 0.724. The molecule has 0 saturated heterocycles. The average molecular weight is 395 g/mol. The van der Waals surface area contributed by atoms with Crippen LogP contribution < -0.4 is 5.32 Å². The summed E-state index contributed by atoms with van der Waals surface area (Å²) in [6.07, 6.45) is 2.28. The summed E-state index contributed by atoms with van der Waals surface area (Å²) >= 11 is 0. The third-order valence-electron chi connectivity index (χ3n) is 5.69. The Balaban J connectivity index is 1.62. The molecule has 2 fully saturated rings. The van der Waals surface area contributed by atoms with E-state index in [-0.39, 0.29) is 42.6 Å². The maximum absolute atomic E-state index is 14.4. The van der Waals surface area contributed by atoms with Crippen LogP contribution in [0.3, 0.4) is 0 Å². The number of nitrogens with one attached hydrogen (secondary N) is 1. The molecule has 150 valence electrons. The second-order valence-corrected chi connectivity index (χ2v) is 7.87. The Kier molecular flexibility index (Phi) is 4.67. The van der Waals surface area contributed by atoms with Crippen molar-refractivity contribution in [1.82, 2.24) is 9.78 Å². The fraction of sp³-hybridized carbons (Fsp3) is 0.500. The minimum absolute atomic E-state index is 0.0190. The summed E-state index contributed by atoms with van der Waals surface area (Å²) in [6.45, 7) is 0. The maximum Gasteiger partial charge on any atom is 0.248 e. The SMILES string of the molecule is Cn1nc(-c2ccc(F)cc2F)c(C2CCC2)c1NC(=O)CC1CC(F)(F)C1. The molecule has 1 aromatic heterocycles. The molecule has 0 atom stereocenters. The van der Waals surface area contributed by atoms with Gasteiger partial charge >= 0.3 is 0 Å². The third kappa shape index (κ3) is 3.52. The van der Waals surface area contributed by atoms with Crippen molar-refractivity contribution in [2.45, 2.75) is 50.4 Å². The Bertz CT molecular complexity index is 912. The summed E-state index contributed by atoms with van der Waals surface area (Å²) in [4.78, 5) is 12.4. The summed E-state index contributed by atoms with van der Waals surface area (Å²) in [5.74, 6) is -4.15. The largest absolute Gasteiger partial charge is 0.311 e. The van der Waals surface area contributed by atoms with Gasteiger partial charge in [0, 0.05) is 43.5 Å². The lowest BCUT2D eigenvalue weighted by Gasteiger charge is -2.34. The third-order valence-corrected chi connectivity index (χ3v) is 5.69. The number of anilines is 1. The van der Waals surface area contributed by atoms with Crippen LogP contribution in [0.15, 0.2) is 18.2 Å². The molecule has 0 bridgehead atoms. The molecule has 2 aliphatic rings. The van der Waals surface area contributed by atoms with Gasteiger partial charge in [-0.2, -0.15) is 5.10 Å². The van der Waals surface area contributed by atoms with Gasteiger partial charge in [-0.25, -0.2) is 17.6 Å². The van der Waals surface area contributed by atoms with Crippen molar-refractivity contribution < 1.29 is 22.4 Å². The molecular weight excluding hydrogens is 374 g/mol. The summed E-state index contributed by atoms with van der Waals surface area (Å²) < 4.78 is 55.1. The van der Waals surface area contributed by atoms with E-state index >= 15 is 0 Å². The van der Waals surface area contributed by atoms with E-state index < -0.39 is 17.6 Å². The molecule has 4 rings (SSSR count). The predicted molar refractivity (Wildman–Crippen MR) is 96.1 cm³/mol. The van der Waals surface area contributed by atoms with E-state index in [1.54, 1.807) is 7.05 Å². The van der Waals surface area contributed by atoms with Crippen LogP contribution in [0.2, 0.25) is 0 Å². The molecular formula is C20H21F4N3O. The van der Waals surface area contributed by atoms with Gasteiger partial charge < -0.3 is 5.32 Å². The zero-order valence-electron chi connectivity index (χ0n) is 15.4. The van der Waals surface area contributed by atoms with Crippen molar-refractivity contribution in [3.05, 3.63) is 35.4 Å². The number of hydrogen-bond donors (Lipinski definition) is 1. The number of alkyl halides is 2. The van der Waals surface area contributed by atoms with Gasteiger partial charge in [0.1, 0.15) is 23.1 Å². The highest BCUT2D eigenvalue weighted by Gasteiger charge is 2.45. The van der Waals surface area contributed by atoms with Gasteiger partial charge in [0.05, 0.1) is 0 Å². The number of carbonyl (C=O) groups excluding carboxylic acids is 1. The second kappa shape index (κ2) is 6.90. The van der Waals surface area contributed by atoms with Gasteiger partial charge in [-0.15, -0.1) is 0 Å². The van der Waals surface area contributed by atoms with Gasteiger partial charge in [-0.1, -0.05) is 6.42 Å². The van der Waals surface area contributed by atoms with Crippen LogP contribution >= 0.6 is 0 Å². The zero-order valence-corrected chi connectivity index (χ0v) is 15.4. The number of nitrogens with zero attached hydrogens (tertiary/aromatic N) is 2. The molecule has 1 aromatic carbocycles. The van der Waals surface area contributed by atoms with Gasteiger partial charge in [0.2, 0.25) is 11.8 Å². The highest BCUT2D eigenvalue weighted by atomic mass is 19.3. The predicted octanol–water partition coefficient (Wildman–Crippen LogP) is 5.01. The normalized spacial score (nSPS) is 19.2. The first-order valence-corrected chi connectivity index (χ1v) is 9.43. The van der Waals surface area contributed by atoms with E-state index in [4.69, 9.17) is 0 Å². The molecule has 0 aliphatic heterocycles. The van der Waals surface area contributed by atoms with E-state index in [0.29, 0.717) is 11.5 Å². The molecule has 0 unspecified atom stereocenters. The first-order chi connectivity index (χ1) is 13.2. The van der Waals surface area contributed by atoms with E-state index in [1.165, 1.54) is 16.8 Å². The number of rotatable bonds is 5. The molecule has 2 saturated carbocycles. The fourth-order valence-electron chi connectivity index (χ4n) is 4.03. The Morgan fingerprint density at radius 1 is 1.29 bits per heavy atom. The number of hydrogen-bond acceptors (Lipinski definition) is 2. The van der Waals surface area contributed by atoms with Crippen molar-refractivity contribution in [3.63, 3.8) is 0 Å². The van der Waals surface area contributed by atoms with Crippen molar-refractivity contribution in [2.75, 3.05) is 5.32 Å². The first kappa shape index (κ1) is 19.0. The van der Waals surface area contributed by atoms with Crippen LogP contribution in [-0.2, 0) is 11.8 Å². The smallest absolute Gasteiger partial charge is 0.248 e. The maximum atomic E-state index is 14.4. The van der Waals surface area contributed by atoms with E-state index in [1.807, 2.05) is 0 Å². The molecule has 4 nitrogen and oxygen atoms in total. The lowest BCUT2D eigenvalue weighted by atomic mass is 9.78. The number of halogens is 4. The van der Waals surface area contributed by atoms with Crippen LogP contribution in [0.1, 0.15) is 50.0 Å². The van der Waals surface area contributed by atoms with E-state index in [2.05, 4.69) is 10.4 Å². The van der Waals surface area contributed by atoms with Crippen LogP contribution in [0.5, 0.6) is 0 Å². The molecule has 1 amide bonds. The van der Waals surface area contributed by atoms with Gasteiger partial charge in [0.15, 0.2) is 0 Å². The second-order valence-electron chi connectivity index (χ2n) is 7.87. The number of amides is 1. The zero-order chi connectivity index (χ0) is 20.1. The van der Waals surface area contributed by atoms with Crippen molar-refractivity contribution in [1.29, 1.82) is 0 Å². The molecule has 1 heterocycles. The number of carbonyl (C=O) groups is 1. The topological polar surface area (TPSA) is 46.9 Å². The van der Waals surface area contributed by atoms with Crippen molar-refractivity contribution in [3.8, 4) is 11.3 Å². The Labute approximate surface area is 159 Å². The van der Waals surface area contributed by atoms with Crippen LogP contribution in [-0.4, -0.2) is 21.6 Å². The minimum Gasteiger partial charge on any atom is -0.311 e. The number of aryl methyl sites for hydroxylation is 1. The lowest BCUT2D eigenvalue weighted by Crippen LogP contribution is -2.37. The molecule has 2 aliphatic carbocycles. The molecule has 1 N–H and O–H groups in total. The van der Waals surface area contributed by atoms with Crippen LogP contribution in [0, 0.1) is 17.6 Å². The average Bonchev–Trinajstić information content (AvgIpc) is 2.81. The molecule has 8 heteroatoms. The number of aromatic nitrogens is 2. The van der Waals surface area contributed by atoms with Gasteiger partial charge in [-0.05, 0) is 36.8 Å². The summed E-state index contributed by atoms with van der Waals surface area (Å²) in [6, 6.07) is 3.33. The van der Waals surface area contributed by atoms with Crippen molar-refractivity contribution >= 4 is 11.7 Å². The van der Waals surface area contributed by atoms with E-state index in [9.17, 15) is 22.4 Å². The van der Waals surface area contributed by atoms with Gasteiger partial charge in [0.25, 0.3) is 0 Å². The van der Waals surface area contributed by atoms with Crippen LogP contribution in [0.25, 0.3) is 11.3 Å². The first-order valence-electron chi connectivity index (χ1n) is 9.43. The molecule has 0 spiro atoms. The highest BCUT2D eigenvalue weighted by Crippen LogP contribution is 2.46. The Morgan fingerprint density at radius 2 is 2.00 bits per heavy atom. The molecule has 28 heavy (non-hydrogen) atoms. The lowest BCUT2D eigenvalue weighted by molar-refractivity contribution is -0.129. The Hall–Kier alpha value is -2.38. The van der Waals surface area contributed by atoms with E-state index in [0.717, 1.165) is 30.9 Å². The standard InChI is InChI=1S/C20H21F4N3O/c1-27-19(25-16(28)7-11-9-20(23,24)10-11)17(12-3-2-4-12)18(26-27)14-6-5-13(21)8-15(14)22/h5-6,8,11-12H,2-4,7,9-10H2,1H3,(H,25,28). The fourth-order valence-corrected chi connectivity index (χ4v) is 4.03. The summed E-state index contributed by atoms with van der Waals surface area (Å²) in [5.41, 5.74) is 1.29. The number of benzene rings is 1. The minimum atomic E-state index is -2.66. The Morgan fingerprint density at radius 3 is 2.57 bits per heavy atom. The molecule has 0 radical (unpaired) electrons. The van der Waals surface area contributed by atoms with Crippen molar-refractivity contribution in [2.24, 2.45) is 13.0 Å². The highest BCUT2D eigenvalue weighted by molar-refractivity contribution is 5.92. The summed E-state index contributed by atoms with van der Waals surface area (Å²) in [7, 11) is 1.64. The monoisotopic (exact) mass is 395 g/mol. The van der Waals surface area contributed by atoms with Crippen LogP contribution in [0.4, 0.5) is 23.4 Å². The molecule has 2 aromatic rings.